The minimum absolute atomic E-state index is 0.0448. The molecule has 0 spiro atoms. The molecule has 3 heterocycles. The molecule has 2 aromatic heterocycles. The maximum atomic E-state index is 12.2. The zero-order valence-electron chi connectivity index (χ0n) is 15.5. The fourth-order valence-electron chi connectivity index (χ4n) is 3.49. The van der Waals surface area contributed by atoms with E-state index in [9.17, 15) is 9.90 Å². The minimum atomic E-state index is -0.921. The Bertz CT molecular complexity index is 746. The molecule has 3 rings (SSSR count). The van der Waals surface area contributed by atoms with Crippen molar-refractivity contribution in [1.82, 2.24) is 20.1 Å². The van der Waals surface area contributed by atoms with Crippen molar-refractivity contribution in [3.05, 3.63) is 41.9 Å². The van der Waals surface area contributed by atoms with E-state index in [1.807, 2.05) is 38.4 Å². The van der Waals surface area contributed by atoms with Crippen LogP contribution in [0.2, 0.25) is 0 Å². The van der Waals surface area contributed by atoms with Crippen molar-refractivity contribution in [2.75, 3.05) is 24.5 Å². The van der Waals surface area contributed by atoms with E-state index >= 15 is 0 Å². The van der Waals surface area contributed by atoms with E-state index in [1.165, 1.54) is 0 Å². The Hall–Kier alpha value is -2.41. The standard InChI is InChI=1S/C19H27N5O2/c1-15-16(12-23(2)22-15)7-8-18(25)21-13-19(26)9-5-11-24(14-19)17-6-3-4-10-20-17/h3-4,6,10,12,26H,5,7-9,11,13-14H2,1-2H3,(H,21,25). The third-order valence-electron chi connectivity index (χ3n) is 4.88. The number of nitrogens with zero attached hydrogens (tertiary/aromatic N) is 4. The predicted molar refractivity (Wildman–Crippen MR) is 99.9 cm³/mol. The largest absolute Gasteiger partial charge is 0.386 e. The van der Waals surface area contributed by atoms with Gasteiger partial charge in [0.25, 0.3) is 0 Å². The lowest BCUT2D eigenvalue weighted by Crippen LogP contribution is -2.54. The molecule has 0 aromatic carbocycles. The highest BCUT2D eigenvalue weighted by atomic mass is 16.3. The molecule has 0 bridgehead atoms. The molecule has 1 amide bonds. The number of piperidine rings is 1. The molecule has 0 saturated carbocycles. The fourth-order valence-corrected chi connectivity index (χ4v) is 3.49. The van der Waals surface area contributed by atoms with Gasteiger partial charge in [-0.15, -0.1) is 0 Å². The van der Waals surface area contributed by atoms with Crippen LogP contribution in [0.5, 0.6) is 0 Å². The summed E-state index contributed by atoms with van der Waals surface area (Å²) in [6.07, 6.45) is 6.31. The van der Waals surface area contributed by atoms with Gasteiger partial charge in [-0.3, -0.25) is 9.48 Å². The van der Waals surface area contributed by atoms with Gasteiger partial charge >= 0.3 is 0 Å². The Morgan fingerprint density at radius 3 is 2.96 bits per heavy atom. The zero-order chi connectivity index (χ0) is 18.6. The summed E-state index contributed by atoms with van der Waals surface area (Å²) >= 11 is 0. The molecule has 1 fully saturated rings. The van der Waals surface area contributed by atoms with Crippen molar-refractivity contribution in [3.63, 3.8) is 0 Å². The molecule has 7 heteroatoms. The summed E-state index contributed by atoms with van der Waals surface area (Å²) in [5.74, 6) is 0.820. The van der Waals surface area contributed by atoms with E-state index in [0.29, 0.717) is 25.8 Å². The van der Waals surface area contributed by atoms with Crippen LogP contribution in [0.25, 0.3) is 0 Å². The first-order valence-electron chi connectivity index (χ1n) is 9.09. The van der Waals surface area contributed by atoms with E-state index in [-0.39, 0.29) is 12.5 Å². The van der Waals surface area contributed by atoms with Gasteiger partial charge in [-0.25, -0.2) is 4.98 Å². The Kier molecular flexibility index (Phi) is 5.56. The van der Waals surface area contributed by atoms with Crippen molar-refractivity contribution >= 4 is 11.7 Å². The van der Waals surface area contributed by atoms with E-state index in [4.69, 9.17) is 0 Å². The monoisotopic (exact) mass is 357 g/mol. The summed E-state index contributed by atoms with van der Waals surface area (Å²) in [5.41, 5.74) is 1.12. The second kappa shape index (κ2) is 7.86. The number of hydrogen-bond acceptors (Lipinski definition) is 5. The summed E-state index contributed by atoms with van der Waals surface area (Å²) in [5, 5.41) is 18.1. The van der Waals surface area contributed by atoms with Crippen LogP contribution in [0.3, 0.4) is 0 Å². The maximum absolute atomic E-state index is 12.2. The van der Waals surface area contributed by atoms with Gasteiger partial charge in [0.1, 0.15) is 5.82 Å². The van der Waals surface area contributed by atoms with Crippen LogP contribution >= 0.6 is 0 Å². The van der Waals surface area contributed by atoms with Crippen molar-refractivity contribution in [2.45, 2.75) is 38.2 Å². The summed E-state index contributed by atoms with van der Waals surface area (Å²) in [6, 6.07) is 5.77. The summed E-state index contributed by atoms with van der Waals surface area (Å²) in [6.45, 7) is 3.56. The number of aryl methyl sites for hydroxylation is 3. The average Bonchev–Trinajstić information content (AvgIpc) is 2.96. The molecule has 140 valence electrons. The van der Waals surface area contributed by atoms with E-state index in [2.05, 4.69) is 20.3 Å². The first kappa shape index (κ1) is 18.4. The highest BCUT2D eigenvalue weighted by molar-refractivity contribution is 5.76. The molecule has 0 radical (unpaired) electrons. The van der Waals surface area contributed by atoms with E-state index in [1.54, 1.807) is 10.9 Å². The lowest BCUT2D eigenvalue weighted by Gasteiger charge is -2.39. The molecule has 1 unspecified atom stereocenters. The number of rotatable bonds is 6. The number of carbonyl (C=O) groups is 1. The third kappa shape index (κ3) is 4.60. The first-order chi connectivity index (χ1) is 12.5. The highest BCUT2D eigenvalue weighted by Gasteiger charge is 2.34. The summed E-state index contributed by atoms with van der Waals surface area (Å²) < 4.78 is 1.76. The molecule has 0 aliphatic carbocycles. The second-order valence-corrected chi connectivity index (χ2v) is 7.13. The van der Waals surface area contributed by atoms with Gasteiger partial charge in [0.15, 0.2) is 0 Å². The zero-order valence-corrected chi connectivity index (χ0v) is 15.5. The predicted octanol–water partition coefficient (Wildman–Crippen LogP) is 1.20. The second-order valence-electron chi connectivity index (χ2n) is 7.13. The Balaban J connectivity index is 1.49. The number of aliphatic hydroxyl groups is 1. The number of β-amino-alcohol motifs (C(OH)–C–C–N with tert-alkyl or cyclic N) is 1. The van der Waals surface area contributed by atoms with Crippen LogP contribution in [0.4, 0.5) is 5.82 Å². The molecular formula is C19H27N5O2. The number of hydrogen-bond donors (Lipinski definition) is 2. The highest BCUT2D eigenvalue weighted by Crippen LogP contribution is 2.24. The molecule has 1 aliphatic heterocycles. The fraction of sp³-hybridized carbons (Fsp3) is 0.526. The third-order valence-corrected chi connectivity index (χ3v) is 4.88. The van der Waals surface area contributed by atoms with Crippen molar-refractivity contribution < 1.29 is 9.90 Å². The Morgan fingerprint density at radius 2 is 2.27 bits per heavy atom. The van der Waals surface area contributed by atoms with Crippen molar-refractivity contribution in [1.29, 1.82) is 0 Å². The Labute approximate surface area is 154 Å². The van der Waals surface area contributed by atoms with Gasteiger partial charge in [0, 0.05) is 45.5 Å². The van der Waals surface area contributed by atoms with Gasteiger partial charge in [-0.05, 0) is 43.9 Å². The summed E-state index contributed by atoms with van der Waals surface area (Å²) in [7, 11) is 1.88. The number of pyridine rings is 1. The normalized spacial score (nSPS) is 20.2. The molecule has 1 aliphatic rings. The van der Waals surface area contributed by atoms with Gasteiger partial charge < -0.3 is 15.3 Å². The summed E-state index contributed by atoms with van der Waals surface area (Å²) in [4.78, 5) is 18.6. The van der Waals surface area contributed by atoms with Crippen LogP contribution in [0, 0.1) is 6.92 Å². The number of aromatic nitrogens is 3. The lowest BCUT2D eigenvalue weighted by molar-refractivity contribution is -0.122. The molecule has 26 heavy (non-hydrogen) atoms. The number of nitrogens with one attached hydrogen (secondary N) is 1. The number of carbonyl (C=O) groups excluding carboxylic acids is 1. The SMILES string of the molecule is Cc1nn(C)cc1CCC(=O)NCC1(O)CCCN(c2ccccn2)C1. The average molecular weight is 357 g/mol. The smallest absolute Gasteiger partial charge is 0.220 e. The number of amides is 1. The lowest BCUT2D eigenvalue weighted by atomic mass is 9.92. The maximum Gasteiger partial charge on any atom is 0.220 e. The first-order valence-corrected chi connectivity index (χ1v) is 9.09. The molecule has 2 aromatic rings. The van der Waals surface area contributed by atoms with Crippen LogP contribution in [-0.2, 0) is 18.3 Å². The van der Waals surface area contributed by atoms with Crippen LogP contribution in [0.1, 0.15) is 30.5 Å². The van der Waals surface area contributed by atoms with Gasteiger partial charge in [0.05, 0.1) is 11.3 Å². The Morgan fingerprint density at radius 1 is 1.42 bits per heavy atom. The molecule has 2 N–H and O–H groups in total. The van der Waals surface area contributed by atoms with Gasteiger partial charge in [0.2, 0.25) is 5.91 Å². The molecule has 1 saturated heterocycles. The topological polar surface area (TPSA) is 83.3 Å². The molecule has 7 nitrogen and oxygen atoms in total. The van der Waals surface area contributed by atoms with Crippen LogP contribution in [-0.4, -0.2) is 51.0 Å². The van der Waals surface area contributed by atoms with E-state index < -0.39 is 5.60 Å². The van der Waals surface area contributed by atoms with Crippen molar-refractivity contribution in [3.8, 4) is 0 Å². The molecular weight excluding hydrogens is 330 g/mol. The molecule has 1 atom stereocenters. The van der Waals surface area contributed by atoms with E-state index in [0.717, 1.165) is 30.0 Å². The van der Waals surface area contributed by atoms with Gasteiger partial charge in [-0.1, -0.05) is 6.07 Å². The number of anilines is 1. The minimum Gasteiger partial charge on any atom is -0.386 e. The van der Waals surface area contributed by atoms with Crippen LogP contribution < -0.4 is 10.2 Å². The quantitative estimate of drug-likeness (QED) is 0.812. The van der Waals surface area contributed by atoms with Gasteiger partial charge in [-0.2, -0.15) is 5.10 Å². The van der Waals surface area contributed by atoms with Crippen molar-refractivity contribution in [2.24, 2.45) is 7.05 Å². The van der Waals surface area contributed by atoms with Crippen LogP contribution in [0.15, 0.2) is 30.6 Å².